The number of hydrogen-bond acceptors (Lipinski definition) is 3. The second kappa shape index (κ2) is 4.07. The third-order valence-corrected chi connectivity index (χ3v) is 1.57. The van der Waals surface area contributed by atoms with Crippen LogP contribution >= 0.6 is 0 Å². The van der Waals surface area contributed by atoms with Gasteiger partial charge in [-0.3, -0.25) is 0 Å². The number of hydrogen-bond donors (Lipinski definition) is 1. The highest BCUT2D eigenvalue weighted by Crippen LogP contribution is 2.22. The molecule has 0 radical (unpaired) electrons. The fourth-order valence-electron chi connectivity index (χ4n) is 0.935. The molecule has 1 aromatic rings. The van der Waals surface area contributed by atoms with Crippen LogP contribution < -0.4 is 0 Å². The number of pyridine rings is 1. The van der Waals surface area contributed by atoms with Crippen molar-refractivity contribution in [1.82, 2.24) is 4.98 Å². The van der Waals surface area contributed by atoms with Gasteiger partial charge in [0.1, 0.15) is 11.8 Å². The largest absolute Gasteiger partial charge is 0.392 e. The highest BCUT2D eigenvalue weighted by molar-refractivity contribution is 5.30. The molecule has 1 rings (SSSR count). The van der Waals surface area contributed by atoms with E-state index in [4.69, 9.17) is 10.4 Å². The Morgan fingerprint density at radius 3 is 2.64 bits per heavy atom. The van der Waals surface area contributed by atoms with Crippen LogP contribution in [-0.4, -0.2) is 10.1 Å². The van der Waals surface area contributed by atoms with Crippen molar-refractivity contribution < 1.29 is 18.3 Å². The fraction of sp³-hybridized carbons (Fsp3) is 0.250. The number of alkyl halides is 2. The van der Waals surface area contributed by atoms with Crippen molar-refractivity contribution in [3.05, 3.63) is 28.8 Å². The molecule has 3 nitrogen and oxygen atoms in total. The normalized spacial score (nSPS) is 10.3. The lowest BCUT2D eigenvalue weighted by Crippen LogP contribution is -2.03. The number of halogens is 3. The smallest absolute Gasteiger partial charge is 0.280 e. The van der Waals surface area contributed by atoms with Crippen molar-refractivity contribution in [2.45, 2.75) is 13.0 Å². The maximum atomic E-state index is 12.8. The summed E-state index contributed by atoms with van der Waals surface area (Å²) in [5, 5.41) is 17.0. The zero-order valence-electron chi connectivity index (χ0n) is 6.84. The number of aliphatic hydroxyl groups excluding tert-OH is 1. The van der Waals surface area contributed by atoms with Crippen LogP contribution in [0.15, 0.2) is 6.07 Å². The molecule has 0 atom stereocenters. The topological polar surface area (TPSA) is 56.9 Å². The molecular weight excluding hydrogens is 197 g/mol. The molecule has 6 heteroatoms. The number of rotatable bonds is 2. The maximum absolute atomic E-state index is 12.8. The summed E-state index contributed by atoms with van der Waals surface area (Å²) in [5.41, 5.74) is -1.76. The molecule has 74 valence electrons. The molecule has 1 aromatic heterocycles. The monoisotopic (exact) mass is 202 g/mol. The Morgan fingerprint density at radius 1 is 1.57 bits per heavy atom. The van der Waals surface area contributed by atoms with E-state index in [0.717, 1.165) is 0 Å². The molecule has 0 bridgehead atoms. The SMILES string of the molecule is N#Cc1nc(C(F)F)c(CO)cc1F. The standard InChI is InChI=1S/C8H5F3N2O/c9-5-1-4(3-14)7(8(10)11)13-6(5)2-12/h1,8,14H,3H2. The molecule has 0 aliphatic rings. The molecule has 0 fully saturated rings. The van der Waals surface area contributed by atoms with Crippen molar-refractivity contribution in [2.24, 2.45) is 0 Å². The van der Waals surface area contributed by atoms with Gasteiger partial charge in [-0.1, -0.05) is 0 Å². The van der Waals surface area contributed by atoms with Crippen LogP contribution in [0.5, 0.6) is 0 Å². The van der Waals surface area contributed by atoms with Crippen LogP contribution in [0.2, 0.25) is 0 Å². The van der Waals surface area contributed by atoms with Gasteiger partial charge in [-0.15, -0.1) is 0 Å². The van der Waals surface area contributed by atoms with Crippen molar-refractivity contribution in [3.63, 3.8) is 0 Å². The second-order valence-electron chi connectivity index (χ2n) is 2.43. The summed E-state index contributed by atoms with van der Waals surface area (Å²) >= 11 is 0. The first-order valence-corrected chi connectivity index (χ1v) is 3.58. The highest BCUT2D eigenvalue weighted by atomic mass is 19.3. The minimum absolute atomic E-state index is 0.309. The van der Waals surface area contributed by atoms with Crippen molar-refractivity contribution in [1.29, 1.82) is 5.26 Å². The number of aromatic nitrogens is 1. The van der Waals surface area contributed by atoms with Crippen molar-refractivity contribution in [3.8, 4) is 6.07 Å². The first kappa shape index (κ1) is 10.5. The van der Waals surface area contributed by atoms with Crippen LogP contribution in [0.4, 0.5) is 13.2 Å². The van der Waals surface area contributed by atoms with Gasteiger partial charge in [0.25, 0.3) is 6.43 Å². The van der Waals surface area contributed by atoms with Crippen molar-refractivity contribution >= 4 is 0 Å². The number of aliphatic hydroxyl groups is 1. The van der Waals surface area contributed by atoms with Gasteiger partial charge in [-0.2, -0.15) is 5.26 Å². The zero-order chi connectivity index (χ0) is 10.7. The van der Waals surface area contributed by atoms with E-state index in [1.165, 1.54) is 6.07 Å². The van der Waals surface area contributed by atoms with E-state index >= 15 is 0 Å². The molecule has 0 saturated carbocycles. The molecular formula is C8H5F3N2O. The van der Waals surface area contributed by atoms with E-state index in [1.54, 1.807) is 0 Å². The quantitative estimate of drug-likeness (QED) is 0.790. The molecule has 1 N–H and O–H groups in total. The molecule has 0 saturated heterocycles. The van der Waals surface area contributed by atoms with Gasteiger partial charge in [0.05, 0.1) is 6.61 Å². The predicted octanol–water partition coefficient (Wildman–Crippen LogP) is 1.52. The summed E-state index contributed by atoms with van der Waals surface area (Å²) in [6.45, 7) is -0.741. The van der Waals surface area contributed by atoms with Crippen LogP contribution in [-0.2, 0) is 6.61 Å². The second-order valence-corrected chi connectivity index (χ2v) is 2.43. The van der Waals surface area contributed by atoms with Gasteiger partial charge in [0.2, 0.25) is 0 Å². The molecule has 0 spiro atoms. The maximum Gasteiger partial charge on any atom is 0.280 e. The lowest BCUT2D eigenvalue weighted by Gasteiger charge is -2.05. The average Bonchev–Trinajstić information content (AvgIpc) is 2.16. The van der Waals surface area contributed by atoms with Gasteiger partial charge in [0.15, 0.2) is 11.5 Å². The van der Waals surface area contributed by atoms with Crippen LogP contribution in [0, 0.1) is 17.1 Å². The van der Waals surface area contributed by atoms with E-state index in [1.807, 2.05) is 0 Å². The summed E-state index contributed by atoms with van der Waals surface area (Å²) in [6.07, 6.45) is -2.94. The Bertz CT molecular complexity index is 387. The lowest BCUT2D eigenvalue weighted by molar-refractivity contribution is 0.141. The van der Waals surface area contributed by atoms with E-state index < -0.39 is 30.2 Å². The Kier molecular flexibility index (Phi) is 3.04. The average molecular weight is 202 g/mol. The summed E-state index contributed by atoms with van der Waals surface area (Å²) in [4.78, 5) is 3.11. The Hall–Kier alpha value is -1.61. The van der Waals surface area contributed by atoms with E-state index in [2.05, 4.69) is 4.98 Å². The van der Waals surface area contributed by atoms with Gasteiger partial charge in [-0.25, -0.2) is 18.2 Å². The highest BCUT2D eigenvalue weighted by Gasteiger charge is 2.18. The minimum atomic E-state index is -2.94. The van der Waals surface area contributed by atoms with Gasteiger partial charge >= 0.3 is 0 Å². The summed E-state index contributed by atoms with van der Waals surface area (Å²) < 4.78 is 37.4. The lowest BCUT2D eigenvalue weighted by atomic mass is 10.2. The van der Waals surface area contributed by atoms with E-state index in [-0.39, 0.29) is 5.56 Å². The summed E-state index contributed by atoms with van der Waals surface area (Å²) in [5.74, 6) is -1.01. The van der Waals surface area contributed by atoms with Crippen molar-refractivity contribution in [2.75, 3.05) is 0 Å². The van der Waals surface area contributed by atoms with Gasteiger partial charge < -0.3 is 5.11 Å². The fourth-order valence-corrected chi connectivity index (χ4v) is 0.935. The van der Waals surface area contributed by atoms with Gasteiger partial charge in [0, 0.05) is 5.56 Å². The number of nitriles is 1. The van der Waals surface area contributed by atoms with Crippen LogP contribution in [0.1, 0.15) is 23.4 Å². The minimum Gasteiger partial charge on any atom is -0.392 e. The molecule has 0 aromatic carbocycles. The van der Waals surface area contributed by atoms with Crippen LogP contribution in [0.25, 0.3) is 0 Å². The third-order valence-electron chi connectivity index (χ3n) is 1.57. The summed E-state index contributed by atoms with van der Waals surface area (Å²) in [7, 11) is 0. The zero-order valence-corrected chi connectivity index (χ0v) is 6.84. The molecule has 1 heterocycles. The van der Waals surface area contributed by atoms with Crippen LogP contribution in [0.3, 0.4) is 0 Å². The molecule has 0 aliphatic carbocycles. The Morgan fingerprint density at radius 2 is 2.21 bits per heavy atom. The molecule has 14 heavy (non-hydrogen) atoms. The Balaban J connectivity index is 3.34. The molecule has 0 aliphatic heterocycles. The first-order valence-electron chi connectivity index (χ1n) is 3.58. The summed E-state index contributed by atoms with van der Waals surface area (Å²) in [6, 6.07) is 2.03. The van der Waals surface area contributed by atoms with E-state index in [0.29, 0.717) is 6.07 Å². The molecule has 0 unspecified atom stereocenters. The third kappa shape index (κ3) is 1.83. The van der Waals surface area contributed by atoms with E-state index in [9.17, 15) is 13.2 Å². The predicted molar refractivity (Wildman–Crippen MR) is 39.8 cm³/mol. The van der Waals surface area contributed by atoms with Gasteiger partial charge in [-0.05, 0) is 6.07 Å². The first-order chi connectivity index (χ1) is 6.60. The Labute approximate surface area is 77.4 Å². The molecule has 0 amide bonds. The number of nitrogens with zero attached hydrogens (tertiary/aromatic N) is 2.